The molecule has 2 heterocycles. The van der Waals surface area contributed by atoms with Crippen LogP contribution in [0.5, 0.6) is 0 Å². The van der Waals surface area contributed by atoms with Crippen LogP contribution in [0.3, 0.4) is 0 Å². The van der Waals surface area contributed by atoms with Crippen LogP contribution in [0.15, 0.2) is 11.4 Å². The van der Waals surface area contributed by atoms with E-state index in [0.29, 0.717) is 13.1 Å². The van der Waals surface area contributed by atoms with Crippen molar-refractivity contribution in [3.05, 3.63) is 21.9 Å². The van der Waals surface area contributed by atoms with Crippen LogP contribution in [0.2, 0.25) is 0 Å². The number of aryl methyl sites for hydroxylation is 1. The number of thiophene rings is 1. The quantitative estimate of drug-likeness (QED) is 0.653. The normalized spacial score (nSPS) is 21.3. The van der Waals surface area contributed by atoms with E-state index in [4.69, 9.17) is 0 Å². The third-order valence-electron chi connectivity index (χ3n) is 2.20. The van der Waals surface area contributed by atoms with Crippen LogP contribution >= 0.6 is 11.3 Å². The van der Waals surface area contributed by atoms with Crippen molar-refractivity contribution in [1.29, 1.82) is 0 Å². The Morgan fingerprint density at radius 3 is 2.73 bits per heavy atom. The second kappa shape index (κ2) is 2.30. The Morgan fingerprint density at radius 1 is 1.64 bits per heavy atom. The second-order valence-electron chi connectivity index (χ2n) is 3.03. The van der Waals surface area contributed by atoms with E-state index in [1.54, 1.807) is 11.3 Å². The summed E-state index contributed by atoms with van der Waals surface area (Å²) in [7, 11) is 0. The van der Waals surface area contributed by atoms with Gasteiger partial charge in [0.1, 0.15) is 5.60 Å². The third-order valence-corrected chi connectivity index (χ3v) is 3.04. The van der Waals surface area contributed by atoms with Gasteiger partial charge in [-0.05, 0) is 23.9 Å². The Balaban J connectivity index is 2.35. The van der Waals surface area contributed by atoms with Gasteiger partial charge >= 0.3 is 0 Å². The third kappa shape index (κ3) is 1.00. The SMILES string of the molecule is Cc1sccc1C1(O)CNC1. The average molecular weight is 169 g/mol. The van der Waals surface area contributed by atoms with E-state index in [0.717, 1.165) is 5.56 Å². The molecule has 3 heteroatoms. The van der Waals surface area contributed by atoms with Gasteiger partial charge in [-0.1, -0.05) is 0 Å². The molecule has 1 aromatic rings. The van der Waals surface area contributed by atoms with Crippen LogP contribution < -0.4 is 5.32 Å². The molecule has 0 bridgehead atoms. The number of rotatable bonds is 1. The van der Waals surface area contributed by atoms with Gasteiger partial charge in [0.2, 0.25) is 0 Å². The number of β-amino-alcohol motifs (C(OH)–C–C–N with tert-alkyl or cyclic N) is 1. The van der Waals surface area contributed by atoms with E-state index in [1.165, 1.54) is 4.88 Å². The molecule has 0 atom stereocenters. The zero-order valence-electron chi connectivity index (χ0n) is 6.42. The summed E-state index contributed by atoms with van der Waals surface area (Å²) in [6.45, 7) is 3.45. The van der Waals surface area contributed by atoms with Crippen LogP contribution in [0.25, 0.3) is 0 Å². The summed E-state index contributed by atoms with van der Waals surface area (Å²) in [6.07, 6.45) is 0. The molecule has 2 N–H and O–H groups in total. The van der Waals surface area contributed by atoms with Gasteiger partial charge in [0, 0.05) is 18.0 Å². The fourth-order valence-corrected chi connectivity index (χ4v) is 2.21. The van der Waals surface area contributed by atoms with Gasteiger partial charge in [0.05, 0.1) is 0 Å². The van der Waals surface area contributed by atoms with Gasteiger partial charge in [-0.2, -0.15) is 0 Å². The Kier molecular flexibility index (Phi) is 1.52. The van der Waals surface area contributed by atoms with E-state index in [9.17, 15) is 5.11 Å². The highest BCUT2D eigenvalue weighted by atomic mass is 32.1. The zero-order valence-corrected chi connectivity index (χ0v) is 7.24. The molecule has 0 saturated carbocycles. The standard InChI is InChI=1S/C8H11NOS/c1-6-7(2-3-11-6)8(10)4-9-5-8/h2-3,9-10H,4-5H2,1H3. The molecule has 2 nitrogen and oxygen atoms in total. The molecule has 0 aliphatic carbocycles. The lowest BCUT2D eigenvalue weighted by Gasteiger charge is -2.37. The Labute approximate surface area is 69.9 Å². The maximum atomic E-state index is 9.90. The van der Waals surface area contributed by atoms with Gasteiger partial charge in [0.15, 0.2) is 0 Å². The maximum absolute atomic E-state index is 9.90. The Bertz CT molecular complexity index is 265. The molecule has 0 radical (unpaired) electrons. The van der Waals surface area contributed by atoms with Crippen molar-refractivity contribution in [3.63, 3.8) is 0 Å². The lowest BCUT2D eigenvalue weighted by molar-refractivity contribution is -0.0147. The smallest absolute Gasteiger partial charge is 0.115 e. The Hall–Kier alpha value is -0.380. The summed E-state index contributed by atoms with van der Waals surface area (Å²) in [5.41, 5.74) is 0.533. The molecule has 0 amide bonds. The number of aliphatic hydroxyl groups is 1. The molecule has 0 aromatic carbocycles. The summed E-state index contributed by atoms with van der Waals surface area (Å²) in [5.74, 6) is 0. The highest BCUT2D eigenvalue weighted by Gasteiger charge is 2.37. The van der Waals surface area contributed by atoms with E-state index in [-0.39, 0.29) is 0 Å². The Morgan fingerprint density at radius 2 is 2.36 bits per heavy atom. The summed E-state index contributed by atoms with van der Waals surface area (Å²) >= 11 is 1.69. The minimum Gasteiger partial charge on any atom is -0.382 e. The fraction of sp³-hybridized carbons (Fsp3) is 0.500. The molecule has 1 aliphatic heterocycles. The fourth-order valence-electron chi connectivity index (χ4n) is 1.42. The maximum Gasteiger partial charge on any atom is 0.115 e. The van der Waals surface area contributed by atoms with E-state index >= 15 is 0 Å². The predicted molar refractivity (Wildman–Crippen MR) is 45.8 cm³/mol. The van der Waals surface area contributed by atoms with Gasteiger partial charge in [0.25, 0.3) is 0 Å². The number of hydrogen-bond acceptors (Lipinski definition) is 3. The van der Waals surface area contributed by atoms with Gasteiger partial charge in [-0.15, -0.1) is 11.3 Å². The minimum absolute atomic E-state index is 0.565. The molecule has 60 valence electrons. The first-order chi connectivity index (χ1) is 5.22. The summed E-state index contributed by atoms with van der Waals surface area (Å²) in [4.78, 5) is 1.23. The van der Waals surface area contributed by atoms with Gasteiger partial charge in [-0.3, -0.25) is 0 Å². The van der Waals surface area contributed by atoms with Crippen molar-refractivity contribution in [2.45, 2.75) is 12.5 Å². The number of hydrogen-bond donors (Lipinski definition) is 2. The first-order valence-electron chi connectivity index (χ1n) is 3.70. The average Bonchev–Trinajstić information content (AvgIpc) is 2.30. The van der Waals surface area contributed by atoms with Crippen molar-refractivity contribution in [3.8, 4) is 0 Å². The van der Waals surface area contributed by atoms with E-state index in [1.807, 2.05) is 11.4 Å². The van der Waals surface area contributed by atoms with Gasteiger partial charge < -0.3 is 10.4 Å². The predicted octanol–water partition coefficient (Wildman–Crippen LogP) is 0.847. The molecule has 0 unspecified atom stereocenters. The molecular weight excluding hydrogens is 158 g/mol. The molecule has 2 rings (SSSR count). The second-order valence-corrected chi connectivity index (χ2v) is 4.15. The van der Waals surface area contributed by atoms with Crippen molar-refractivity contribution in [1.82, 2.24) is 5.32 Å². The first-order valence-corrected chi connectivity index (χ1v) is 4.58. The molecule has 1 aliphatic rings. The monoisotopic (exact) mass is 169 g/mol. The van der Waals surface area contributed by atoms with Crippen LogP contribution in [0.4, 0.5) is 0 Å². The van der Waals surface area contributed by atoms with Gasteiger partial charge in [-0.25, -0.2) is 0 Å². The summed E-state index contributed by atoms with van der Waals surface area (Å²) in [6, 6.07) is 2.01. The number of nitrogens with one attached hydrogen (secondary N) is 1. The van der Waals surface area contributed by atoms with E-state index < -0.39 is 5.60 Å². The lowest BCUT2D eigenvalue weighted by atomic mass is 9.89. The summed E-state index contributed by atoms with van der Waals surface area (Å²) in [5, 5.41) is 15.0. The lowest BCUT2D eigenvalue weighted by Crippen LogP contribution is -2.56. The molecule has 0 spiro atoms. The van der Waals surface area contributed by atoms with Crippen LogP contribution in [-0.4, -0.2) is 18.2 Å². The van der Waals surface area contributed by atoms with Crippen LogP contribution in [0.1, 0.15) is 10.4 Å². The van der Waals surface area contributed by atoms with Crippen molar-refractivity contribution >= 4 is 11.3 Å². The van der Waals surface area contributed by atoms with Crippen molar-refractivity contribution in [2.24, 2.45) is 0 Å². The van der Waals surface area contributed by atoms with Crippen LogP contribution in [-0.2, 0) is 5.60 Å². The van der Waals surface area contributed by atoms with Crippen molar-refractivity contribution < 1.29 is 5.11 Å². The van der Waals surface area contributed by atoms with Crippen molar-refractivity contribution in [2.75, 3.05) is 13.1 Å². The highest BCUT2D eigenvalue weighted by Crippen LogP contribution is 2.30. The van der Waals surface area contributed by atoms with E-state index in [2.05, 4.69) is 12.2 Å². The molecular formula is C8H11NOS. The van der Waals surface area contributed by atoms with Crippen LogP contribution in [0, 0.1) is 6.92 Å². The molecule has 1 saturated heterocycles. The zero-order chi connectivity index (χ0) is 7.90. The largest absolute Gasteiger partial charge is 0.382 e. The molecule has 11 heavy (non-hydrogen) atoms. The highest BCUT2D eigenvalue weighted by molar-refractivity contribution is 7.10. The molecule has 1 aromatic heterocycles. The molecule has 1 fully saturated rings. The topological polar surface area (TPSA) is 32.3 Å². The minimum atomic E-state index is -0.565. The first kappa shape index (κ1) is 7.28. The summed E-state index contributed by atoms with van der Waals surface area (Å²) < 4.78 is 0.